The molecule has 0 aliphatic carbocycles. The molecule has 0 aromatic carbocycles. The lowest BCUT2D eigenvalue weighted by molar-refractivity contribution is 0.210. The number of nitrogens with one attached hydrogen (secondary N) is 2. The molecule has 24 heavy (non-hydrogen) atoms. The number of fused-ring (bicyclic) bond motifs is 1. The summed E-state index contributed by atoms with van der Waals surface area (Å²) in [4.78, 5) is 43.9. The monoisotopic (exact) mass is 335 g/mol. The maximum Gasteiger partial charge on any atom is 0.340 e. The fourth-order valence-electron chi connectivity index (χ4n) is 2.41. The number of aromatic amines is 1. The number of imidazole rings is 1. The minimum absolute atomic E-state index is 0.171. The Bertz CT molecular complexity index is 754. The third-order valence-corrected chi connectivity index (χ3v) is 3.83. The molecule has 0 fully saturated rings. The summed E-state index contributed by atoms with van der Waals surface area (Å²) in [6.07, 6.45) is 6.63. The number of hydrogen-bond donors (Lipinski definition) is 2. The molecule has 130 valence electrons. The van der Waals surface area contributed by atoms with Crippen LogP contribution >= 0.6 is 0 Å². The normalized spacial score (nSPS) is 12.1. The molecule has 0 aliphatic rings. The Balaban J connectivity index is 1.74. The molecule has 0 spiro atoms. The van der Waals surface area contributed by atoms with Crippen molar-refractivity contribution in [2.75, 3.05) is 13.6 Å². The van der Waals surface area contributed by atoms with E-state index in [-0.39, 0.29) is 11.6 Å². The molecule has 10 nitrogen and oxygen atoms in total. The second-order valence-corrected chi connectivity index (χ2v) is 5.59. The van der Waals surface area contributed by atoms with Crippen molar-refractivity contribution in [1.82, 2.24) is 29.8 Å². The molecular formula is C14H21N7O3. The van der Waals surface area contributed by atoms with E-state index in [4.69, 9.17) is 0 Å². The Labute approximate surface area is 138 Å². The summed E-state index contributed by atoms with van der Waals surface area (Å²) in [6, 6.07) is -0.330. The third-order valence-electron chi connectivity index (χ3n) is 3.83. The van der Waals surface area contributed by atoms with E-state index in [1.165, 1.54) is 13.4 Å². The summed E-state index contributed by atoms with van der Waals surface area (Å²) >= 11 is 0. The van der Waals surface area contributed by atoms with Gasteiger partial charge in [-0.25, -0.2) is 14.8 Å². The van der Waals surface area contributed by atoms with Crippen LogP contribution in [0.5, 0.6) is 0 Å². The van der Waals surface area contributed by atoms with E-state index in [9.17, 15) is 14.5 Å². The van der Waals surface area contributed by atoms with Crippen LogP contribution in [0.15, 0.2) is 22.7 Å². The van der Waals surface area contributed by atoms with Crippen molar-refractivity contribution < 1.29 is 4.79 Å². The van der Waals surface area contributed by atoms with Crippen LogP contribution in [0.4, 0.5) is 4.79 Å². The van der Waals surface area contributed by atoms with Gasteiger partial charge in [0.2, 0.25) is 0 Å². The maximum atomic E-state index is 11.6. The topological polar surface area (TPSA) is 125 Å². The SMILES string of the molecule is CC(CCCCCNC(=O)N(C)N=O)n1cnc2c(=O)[nH]cnc21. The van der Waals surface area contributed by atoms with E-state index in [0.717, 1.165) is 30.7 Å². The number of H-pyrrole nitrogens is 1. The molecule has 2 aromatic rings. The van der Waals surface area contributed by atoms with Gasteiger partial charge in [0.25, 0.3) is 5.56 Å². The van der Waals surface area contributed by atoms with Crippen molar-refractivity contribution in [3.8, 4) is 0 Å². The Morgan fingerprint density at radius 1 is 1.42 bits per heavy atom. The van der Waals surface area contributed by atoms with E-state index >= 15 is 0 Å². The molecule has 0 radical (unpaired) electrons. The fourth-order valence-corrected chi connectivity index (χ4v) is 2.41. The van der Waals surface area contributed by atoms with Crippen molar-refractivity contribution in [3.05, 3.63) is 27.9 Å². The Hall–Kier alpha value is -2.78. The van der Waals surface area contributed by atoms with Crippen LogP contribution < -0.4 is 10.9 Å². The van der Waals surface area contributed by atoms with Crippen LogP contribution in [0.2, 0.25) is 0 Å². The number of carbonyl (C=O) groups excluding carboxylic acids is 1. The first kappa shape index (κ1) is 17.6. The third kappa shape index (κ3) is 4.15. The summed E-state index contributed by atoms with van der Waals surface area (Å²) < 4.78 is 1.90. The Kier molecular flexibility index (Phi) is 5.99. The maximum absolute atomic E-state index is 11.6. The van der Waals surface area contributed by atoms with E-state index in [2.05, 4.69) is 32.5 Å². The number of aromatic nitrogens is 4. The highest BCUT2D eigenvalue weighted by Gasteiger charge is 2.12. The molecule has 2 rings (SSSR count). The van der Waals surface area contributed by atoms with Crippen LogP contribution in [-0.2, 0) is 0 Å². The van der Waals surface area contributed by atoms with Crippen molar-refractivity contribution in [3.63, 3.8) is 0 Å². The predicted octanol–water partition coefficient (Wildman–Crippen LogP) is 1.56. The van der Waals surface area contributed by atoms with Gasteiger partial charge in [0.1, 0.15) is 0 Å². The number of hydrogen-bond acceptors (Lipinski definition) is 6. The van der Waals surface area contributed by atoms with E-state index in [0.29, 0.717) is 17.7 Å². The molecule has 2 aromatic heterocycles. The molecule has 1 unspecified atom stereocenters. The second-order valence-electron chi connectivity index (χ2n) is 5.59. The lowest BCUT2D eigenvalue weighted by Crippen LogP contribution is -2.34. The van der Waals surface area contributed by atoms with Gasteiger partial charge < -0.3 is 14.9 Å². The lowest BCUT2D eigenvalue weighted by Gasteiger charge is -2.13. The first-order chi connectivity index (χ1) is 11.5. The van der Waals surface area contributed by atoms with Gasteiger partial charge in [0, 0.05) is 19.6 Å². The Morgan fingerprint density at radius 3 is 2.96 bits per heavy atom. The number of nitrogens with zero attached hydrogens (tertiary/aromatic N) is 5. The second kappa shape index (κ2) is 8.18. The molecule has 10 heteroatoms. The standard InChI is InChI=1S/C14H21N7O3/c1-10(6-4-3-5-7-15-14(23)20(2)19-24)21-9-18-11-12(21)16-8-17-13(11)22/h8-10H,3-7H2,1-2H3,(H,15,23)(H,16,17,22). The van der Waals surface area contributed by atoms with Crippen LogP contribution in [0.1, 0.15) is 38.6 Å². The summed E-state index contributed by atoms with van der Waals surface area (Å²) in [5.74, 6) is 0. The van der Waals surface area contributed by atoms with Gasteiger partial charge in [0.05, 0.1) is 17.9 Å². The number of amides is 2. The highest BCUT2D eigenvalue weighted by atomic mass is 16.3. The molecule has 2 heterocycles. The van der Waals surface area contributed by atoms with E-state index in [1.807, 2.05) is 4.57 Å². The average Bonchev–Trinajstić information content (AvgIpc) is 3.02. The van der Waals surface area contributed by atoms with Crippen molar-refractivity contribution >= 4 is 17.2 Å². The highest BCUT2D eigenvalue weighted by Crippen LogP contribution is 2.18. The van der Waals surface area contributed by atoms with Crippen LogP contribution in [0.25, 0.3) is 11.2 Å². The first-order valence-electron chi connectivity index (χ1n) is 7.79. The van der Waals surface area contributed by atoms with Crippen molar-refractivity contribution in [1.29, 1.82) is 0 Å². The number of unbranched alkanes of at least 4 members (excludes halogenated alkanes) is 2. The first-order valence-corrected chi connectivity index (χ1v) is 7.79. The van der Waals surface area contributed by atoms with Crippen LogP contribution in [0.3, 0.4) is 0 Å². The van der Waals surface area contributed by atoms with Gasteiger partial charge in [0.15, 0.2) is 11.2 Å². The van der Waals surface area contributed by atoms with Gasteiger partial charge >= 0.3 is 6.03 Å². The minimum Gasteiger partial charge on any atom is -0.336 e. The summed E-state index contributed by atoms with van der Waals surface area (Å²) in [5.41, 5.74) is 0.694. The zero-order valence-electron chi connectivity index (χ0n) is 13.7. The number of urea groups is 1. The molecule has 1 atom stereocenters. The quantitative estimate of drug-likeness (QED) is 0.430. The summed E-state index contributed by atoms with van der Waals surface area (Å²) in [7, 11) is 1.30. The molecule has 0 aliphatic heterocycles. The molecule has 0 saturated heterocycles. The Morgan fingerprint density at radius 2 is 2.21 bits per heavy atom. The van der Waals surface area contributed by atoms with Gasteiger partial charge in [-0.05, 0) is 19.8 Å². The number of carbonyl (C=O) groups is 1. The van der Waals surface area contributed by atoms with Gasteiger partial charge in [-0.3, -0.25) is 4.79 Å². The largest absolute Gasteiger partial charge is 0.340 e. The average molecular weight is 335 g/mol. The zero-order chi connectivity index (χ0) is 17.5. The van der Waals surface area contributed by atoms with Crippen LogP contribution in [-0.4, -0.2) is 44.2 Å². The van der Waals surface area contributed by atoms with Crippen molar-refractivity contribution in [2.45, 2.75) is 38.6 Å². The molecule has 0 bridgehead atoms. The molecular weight excluding hydrogens is 314 g/mol. The molecule has 2 N–H and O–H groups in total. The van der Waals surface area contributed by atoms with E-state index in [1.54, 1.807) is 6.33 Å². The smallest absolute Gasteiger partial charge is 0.336 e. The summed E-state index contributed by atoms with van der Waals surface area (Å²) in [5, 5.41) is 5.85. The van der Waals surface area contributed by atoms with Gasteiger partial charge in [-0.1, -0.05) is 12.8 Å². The van der Waals surface area contributed by atoms with Gasteiger partial charge in [-0.15, -0.1) is 4.91 Å². The van der Waals surface area contributed by atoms with Gasteiger partial charge in [-0.2, -0.15) is 5.01 Å². The van der Waals surface area contributed by atoms with Crippen LogP contribution in [0, 0.1) is 4.91 Å². The molecule has 2 amide bonds. The minimum atomic E-state index is -0.500. The molecule has 0 saturated carbocycles. The predicted molar refractivity (Wildman–Crippen MR) is 88.3 cm³/mol. The lowest BCUT2D eigenvalue weighted by atomic mass is 10.1. The summed E-state index contributed by atoms with van der Waals surface area (Å²) in [6.45, 7) is 2.55. The van der Waals surface area contributed by atoms with Crippen molar-refractivity contribution in [2.24, 2.45) is 5.29 Å². The zero-order valence-corrected chi connectivity index (χ0v) is 13.7. The number of nitroso groups, excluding NO2 is 1. The highest BCUT2D eigenvalue weighted by molar-refractivity contribution is 5.73. The fraction of sp³-hybridized carbons (Fsp3) is 0.571. The number of rotatable bonds is 8. The van der Waals surface area contributed by atoms with E-state index < -0.39 is 6.03 Å².